The SMILES string of the molecule is CN[C@H](CC(C)C)C(=O)N[C@H]1C(=O)N[C@@H](CC(N)=O)C(=O)NC2C(=O)N[C@H]3C(=O)N[C@H](C(=O)N[C@@H](C(=O)NNC(N)=O)c4cc(O)cc(O)c4-c4cc3ccc4O)[C@H](O)c3ccc(c(Cl)c3)Oc3cc2cc(c3O[C@@H]2O[C@H](CO)[C@@H](O)[C@H](O)[C@H]2O[C@H]2C[C@](C)(NCCn3ccc(NC(=O)Cc4ccc(OC(C)(F)F)cc4)nc3=O)[C@H](O)[C@H](C)O2)Oc2ccc(cc2Cl)[C@H]1O. The number of phenols is 3. The van der Waals surface area contributed by atoms with Crippen LogP contribution in [0.3, 0.4) is 0 Å². The molecule has 46 heteroatoms. The second kappa shape index (κ2) is 39.9. The molecule has 1 aromatic heterocycles. The maximum atomic E-state index is 16.3. The Kier molecular flexibility index (Phi) is 29.5. The summed E-state index contributed by atoms with van der Waals surface area (Å²) >= 11 is 14.3. The van der Waals surface area contributed by atoms with E-state index >= 15 is 24.0 Å². The number of ether oxygens (including phenoxy) is 7. The Hall–Kier alpha value is -12.7. The van der Waals surface area contributed by atoms with Crippen LogP contribution >= 0.6 is 23.2 Å². The third kappa shape index (κ3) is 22.4. The highest BCUT2D eigenvalue weighted by atomic mass is 35.5. The van der Waals surface area contributed by atoms with Gasteiger partial charge in [-0.25, -0.2) is 15.0 Å². The zero-order valence-corrected chi connectivity index (χ0v) is 70.8. The van der Waals surface area contributed by atoms with E-state index in [4.69, 9.17) is 63.1 Å². The van der Waals surface area contributed by atoms with Crippen molar-refractivity contribution in [1.29, 1.82) is 0 Å². The van der Waals surface area contributed by atoms with Gasteiger partial charge in [0.2, 0.25) is 59.3 Å². The number of amides is 11. The number of alkyl halides is 2. The van der Waals surface area contributed by atoms with E-state index in [1.54, 1.807) is 20.8 Å². The number of carbonyl (C=O) groups excluding carboxylic acids is 10. The highest BCUT2D eigenvalue weighted by Gasteiger charge is 2.52. The first kappa shape index (κ1) is 95.4. The van der Waals surface area contributed by atoms with Crippen LogP contribution in [0.2, 0.25) is 10.0 Å². The molecule has 8 heterocycles. The van der Waals surface area contributed by atoms with E-state index in [0.29, 0.717) is 12.5 Å². The second-order valence-electron chi connectivity index (χ2n) is 31.8. The highest BCUT2D eigenvalue weighted by molar-refractivity contribution is 6.32. The molecule has 2 saturated heterocycles. The standard InChI is InChI=1S/C83H93Cl2F2N15O27/c1-33(2)21-46(90-6)72(114)98-63-65(109)37-10-15-50(44(84)24-37)124-52-26-39-27-53(69(52)128-79-70(68(112)67(111)54(32-103)126-79)127-58-31-82(4,71(113)34(3)123-58)91-18-20-102-19-17-56(94-81(102)122)93-57(108)22-35-7-12-41(13-8-35)129-83(5,86)87)125-51-16-11-38(25-45(51)85)66(110)64-77(119)97-62(78(120)100-101-80(89)121)43-28-40(104)29-49(106)59(43)42-23-36(9-14-48(42)105)60(74(116)99-64)96-75(117)61(39)95-73(115)47(30-55(88)107)92-76(63)118/h7-17,19,23-29,33-34,46-47,54,58,60-68,70-71,79,90-91,103-106,109-113H,18,20-22,30-32H2,1-6H3,(H2,88,107)(H,92,118)(H,95,115)(H,96,117)(H,97,119)(H,98,114)(H,99,116)(H,100,120)(H3,89,101,121)(H,93,94,108,122)/t34-,46+,47-,54+,58-,60+,61?,62+,63+,64-,65+,66+,67+,68-,70+,71+,79-,82-/m0/s1. The zero-order valence-electron chi connectivity index (χ0n) is 69.2. The molecule has 7 aliphatic rings. The molecule has 11 amide bonds. The summed E-state index contributed by atoms with van der Waals surface area (Å²) in [6.07, 6.45) is -22.3. The Morgan fingerprint density at radius 1 is 0.721 bits per heavy atom. The van der Waals surface area contributed by atoms with Crippen LogP contribution in [0.5, 0.6) is 51.7 Å². The number of aromatic hydroxyl groups is 3. The minimum Gasteiger partial charge on any atom is -0.508 e. The number of primary amides is 2. The van der Waals surface area contributed by atoms with Gasteiger partial charge in [0.1, 0.15) is 107 Å². The van der Waals surface area contributed by atoms with Gasteiger partial charge in [0.05, 0.1) is 47.7 Å². The number of halogens is 4. The molecule has 0 saturated carbocycles. The summed E-state index contributed by atoms with van der Waals surface area (Å²) in [5.41, 5.74) is 9.90. The first-order valence-electron chi connectivity index (χ1n) is 40.0. The number of anilines is 1. The smallest absolute Gasteiger partial charge is 0.394 e. The Balaban J connectivity index is 0.980. The first-order chi connectivity index (χ1) is 61.0. The van der Waals surface area contributed by atoms with Crippen molar-refractivity contribution in [2.24, 2.45) is 17.4 Å². The number of hydrogen-bond acceptors (Lipinski definition) is 30. The van der Waals surface area contributed by atoms with Gasteiger partial charge in [-0.2, -0.15) is 13.8 Å². The number of benzene rings is 6. The van der Waals surface area contributed by atoms with E-state index in [2.05, 4.69) is 57.6 Å². The number of aliphatic hydroxyl groups is 6. The van der Waals surface area contributed by atoms with Gasteiger partial charge in [-0.05, 0) is 139 Å². The fourth-order valence-electron chi connectivity index (χ4n) is 15.2. The van der Waals surface area contributed by atoms with E-state index in [1.807, 2.05) is 10.9 Å². The minimum absolute atomic E-state index is 0.0846. The van der Waals surface area contributed by atoms with Gasteiger partial charge >= 0.3 is 17.8 Å². The summed E-state index contributed by atoms with van der Waals surface area (Å²) in [4.78, 5) is 162. The van der Waals surface area contributed by atoms with E-state index < -0.39 is 277 Å². The van der Waals surface area contributed by atoms with Crippen molar-refractivity contribution in [3.05, 3.63) is 169 Å². The minimum atomic E-state index is -3.45. The Bertz CT molecular complexity index is 5530. The van der Waals surface area contributed by atoms with Gasteiger partial charge in [0.15, 0.2) is 23.9 Å². The molecule has 1 unspecified atom stereocenters. The molecule has 14 rings (SSSR count). The molecular weight excluding hydrogens is 1750 g/mol. The number of urea groups is 1. The number of hydrazine groups is 1. The third-order valence-electron chi connectivity index (χ3n) is 21.7. The number of nitrogens with two attached hydrogens (primary N) is 2. The number of rotatable bonds is 22. The van der Waals surface area contributed by atoms with Crippen molar-refractivity contribution in [3.8, 4) is 62.9 Å². The van der Waals surface area contributed by atoms with Crippen molar-refractivity contribution >= 4 is 88.2 Å². The van der Waals surface area contributed by atoms with Gasteiger partial charge in [-0.1, -0.05) is 67.4 Å². The third-order valence-corrected chi connectivity index (χ3v) is 22.3. The van der Waals surface area contributed by atoms with E-state index in [-0.39, 0.29) is 61.0 Å². The lowest BCUT2D eigenvalue weighted by atomic mass is 9.85. The number of carbonyl (C=O) groups is 10. The lowest BCUT2D eigenvalue weighted by molar-refractivity contribution is -0.334. The summed E-state index contributed by atoms with van der Waals surface area (Å²) in [5.74, 6) is -17.2. The first-order valence-corrected chi connectivity index (χ1v) is 40.8. The predicted octanol–water partition coefficient (Wildman–Crippen LogP) is 0.782. The Labute approximate surface area is 740 Å². The number of fused-ring (bicyclic) bond motifs is 15. The molecule has 6 aromatic carbocycles. The molecule has 0 aliphatic carbocycles. The normalized spacial score (nSPS) is 25.5. The van der Waals surface area contributed by atoms with Crippen molar-refractivity contribution in [2.45, 2.75) is 182 Å². The topological polar surface area (TPSA) is 637 Å². The molecule has 7 aliphatic heterocycles. The molecule has 11 bridgehead atoms. The molecule has 42 nitrogen and oxygen atoms in total. The van der Waals surface area contributed by atoms with Gasteiger partial charge in [-0.3, -0.25) is 53.1 Å². The monoisotopic (exact) mass is 1840 g/mol. The molecule has 0 spiro atoms. The summed E-state index contributed by atoms with van der Waals surface area (Å²) in [6, 6.07) is 3.91. The molecule has 0 radical (unpaired) electrons. The number of nitrogens with one attached hydrogen (secondary N) is 11. The maximum Gasteiger partial charge on any atom is 0.394 e. The maximum absolute atomic E-state index is 16.3. The summed E-state index contributed by atoms with van der Waals surface area (Å²) in [7, 11) is 1.45. The van der Waals surface area contributed by atoms with Crippen LogP contribution in [0, 0.1) is 5.92 Å². The van der Waals surface area contributed by atoms with E-state index in [9.17, 15) is 83.5 Å². The average molecular weight is 1840 g/mol. The predicted molar refractivity (Wildman–Crippen MR) is 445 cm³/mol. The molecule has 7 aromatic rings. The van der Waals surface area contributed by atoms with Crippen LogP contribution in [0.4, 0.5) is 19.4 Å². The van der Waals surface area contributed by atoms with Crippen LogP contribution in [-0.4, -0.2) is 220 Å². The quantitative estimate of drug-likeness (QED) is 0.0417. The van der Waals surface area contributed by atoms with Crippen LogP contribution in [-0.2, 0) is 70.3 Å². The van der Waals surface area contributed by atoms with Crippen molar-refractivity contribution in [1.82, 2.24) is 62.9 Å². The van der Waals surface area contributed by atoms with Crippen LogP contribution in [0.1, 0.15) is 118 Å². The number of hydrogen-bond donors (Lipinski definition) is 22. The largest absolute Gasteiger partial charge is 0.508 e. The Morgan fingerprint density at radius 3 is 1.97 bits per heavy atom. The molecular formula is C83H93Cl2F2N15O27. The number of nitrogens with zero attached hydrogens (tertiary/aromatic N) is 2. The van der Waals surface area contributed by atoms with Crippen molar-refractivity contribution in [3.63, 3.8) is 0 Å². The average Bonchev–Trinajstić information content (AvgIpc) is 0.764. The van der Waals surface area contributed by atoms with Gasteiger partial charge < -0.3 is 138 Å². The van der Waals surface area contributed by atoms with Gasteiger partial charge in [-0.15, -0.1) is 0 Å². The van der Waals surface area contributed by atoms with E-state index in [1.165, 1.54) is 61.1 Å². The summed E-state index contributed by atoms with van der Waals surface area (Å²) in [5, 5.41) is 129. The molecule has 690 valence electrons. The second-order valence-corrected chi connectivity index (χ2v) is 32.6. The molecule has 24 N–H and O–H groups in total. The van der Waals surface area contributed by atoms with Crippen LogP contribution in [0.25, 0.3) is 11.1 Å². The molecule has 129 heavy (non-hydrogen) atoms. The number of aromatic nitrogens is 2. The van der Waals surface area contributed by atoms with Crippen LogP contribution < -0.4 is 94.8 Å². The van der Waals surface area contributed by atoms with Crippen molar-refractivity contribution in [2.75, 3.05) is 25.5 Å². The van der Waals surface area contributed by atoms with E-state index in [0.717, 1.165) is 72.8 Å². The highest BCUT2D eigenvalue weighted by Crippen LogP contribution is 2.50. The van der Waals surface area contributed by atoms with Gasteiger partial charge in [0.25, 0.3) is 5.91 Å². The number of likely N-dealkylation sites (N-methyl/N-ethyl adjacent to an activating group) is 1. The number of phenolic OH excluding ortho intramolecular Hbond substituents is 3. The Morgan fingerprint density at radius 2 is 1.36 bits per heavy atom. The van der Waals surface area contributed by atoms with Gasteiger partial charge in [0, 0.05) is 55.4 Å². The van der Waals surface area contributed by atoms with Crippen LogP contribution in [0.15, 0.2) is 120 Å². The summed E-state index contributed by atoms with van der Waals surface area (Å²) in [6.45, 7) is 5.95. The lowest BCUT2D eigenvalue weighted by Crippen LogP contribution is -2.65. The van der Waals surface area contributed by atoms with Crippen molar-refractivity contribution < 1.29 is 136 Å². The molecule has 18 atom stereocenters. The fraction of sp³-hybridized carbons (Fsp3) is 0.398. The molecule has 2 fully saturated rings. The number of aliphatic hydroxyl groups excluding tert-OH is 6. The zero-order chi connectivity index (χ0) is 93.7. The lowest BCUT2D eigenvalue weighted by Gasteiger charge is -2.48. The fourth-order valence-corrected chi connectivity index (χ4v) is 15.7. The summed E-state index contributed by atoms with van der Waals surface area (Å²) < 4.78 is 71.8.